The monoisotopic (exact) mass is 273 g/mol. The van der Waals surface area contributed by atoms with Crippen molar-refractivity contribution in [1.29, 1.82) is 0 Å². The van der Waals surface area contributed by atoms with Gasteiger partial charge in [0.25, 0.3) is 5.91 Å². The van der Waals surface area contributed by atoms with Crippen LogP contribution in [0.15, 0.2) is 47.1 Å². The van der Waals surface area contributed by atoms with Gasteiger partial charge in [-0.15, -0.1) is 0 Å². The van der Waals surface area contributed by atoms with E-state index in [0.29, 0.717) is 17.9 Å². The number of furan rings is 1. The molecule has 104 valence electrons. The van der Waals surface area contributed by atoms with Crippen molar-refractivity contribution in [3.63, 3.8) is 0 Å². The Hall–Kier alpha value is -2.56. The van der Waals surface area contributed by atoms with E-state index >= 15 is 0 Å². The molecule has 0 bridgehead atoms. The molecule has 5 heteroatoms. The third kappa shape index (κ3) is 3.26. The van der Waals surface area contributed by atoms with Gasteiger partial charge in [-0.3, -0.25) is 4.79 Å². The molecule has 0 atom stereocenters. The fourth-order valence-corrected chi connectivity index (χ4v) is 1.63. The van der Waals surface area contributed by atoms with Crippen molar-refractivity contribution in [1.82, 2.24) is 0 Å². The summed E-state index contributed by atoms with van der Waals surface area (Å²) in [5, 5.41) is 2.64. The number of hydrogen-bond donors (Lipinski definition) is 1. The van der Waals surface area contributed by atoms with Crippen molar-refractivity contribution in [3.05, 3.63) is 54.0 Å². The Kier molecular flexibility index (Phi) is 4.55. The second-order valence-corrected chi connectivity index (χ2v) is 4.11. The molecule has 0 saturated heterocycles. The van der Waals surface area contributed by atoms with Crippen LogP contribution in [0.4, 0.5) is 5.69 Å². The van der Waals surface area contributed by atoms with Crippen LogP contribution in [0.5, 0.6) is 0 Å². The third-order valence-electron chi connectivity index (χ3n) is 2.58. The van der Waals surface area contributed by atoms with Crippen LogP contribution in [-0.2, 0) is 4.74 Å². The molecule has 0 radical (unpaired) electrons. The number of nitrogens with one attached hydrogen (secondary N) is 1. The second kappa shape index (κ2) is 6.56. The molecule has 0 unspecified atom stereocenters. The summed E-state index contributed by atoms with van der Waals surface area (Å²) in [7, 11) is 0. The van der Waals surface area contributed by atoms with Crippen LogP contribution in [0.25, 0.3) is 0 Å². The van der Waals surface area contributed by atoms with E-state index in [2.05, 4.69) is 5.32 Å². The summed E-state index contributed by atoms with van der Waals surface area (Å²) < 4.78 is 10.1. The molecule has 0 aliphatic rings. The van der Waals surface area contributed by atoms with Gasteiger partial charge in [0.1, 0.15) is 0 Å². The van der Waals surface area contributed by atoms with E-state index in [9.17, 15) is 9.59 Å². The van der Waals surface area contributed by atoms with E-state index in [1.165, 1.54) is 6.26 Å². The van der Waals surface area contributed by atoms with Crippen LogP contribution in [0.1, 0.15) is 34.3 Å². The molecule has 2 aromatic rings. The van der Waals surface area contributed by atoms with Crippen molar-refractivity contribution >= 4 is 17.6 Å². The number of amides is 1. The number of para-hydroxylation sites is 1. The van der Waals surface area contributed by atoms with Gasteiger partial charge in [-0.05, 0) is 30.7 Å². The number of rotatable bonds is 5. The van der Waals surface area contributed by atoms with Crippen LogP contribution in [0, 0.1) is 0 Å². The highest BCUT2D eigenvalue weighted by molar-refractivity contribution is 6.06. The zero-order valence-electron chi connectivity index (χ0n) is 11.1. The van der Waals surface area contributed by atoms with Gasteiger partial charge in [-0.25, -0.2) is 4.79 Å². The summed E-state index contributed by atoms with van der Waals surface area (Å²) in [4.78, 5) is 23.8. The maximum Gasteiger partial charge on any atom is 0.340 e. The van der Waals surface area contributed by atoms with E-state index in [4.69, 9.17) is 9.15 Å². The zero-order chi connectivity index (χ0) is 14.4. The van der Waals surface area contributed by atoms with Crippen LogP contribution in [-0.4, -0.2) is 18.5 Å². The molecule has 1 amide bonds. The van der Waals surface area contributed by atoms with Gasteiger partial charge < -0.3 is 14.5 Å². The standard InChI is InChI=1S/C15H15NO4/c1-2-9-20-15(18)11-6-3-4-7-12(11)16-14(17)13-8-5-10-19-13/h3-8,10H,2,9H2,1H3,(H,16,17). The van der Waals surface area contributed by atoms with Gasteiger partial charge in [-0.1, -0.05) is 19.1 Å². The molecule has 0 aliphatic heterocycles. The lowest BCUT2D eigenvalue weighted by Crippen LogP contribution is -2.15. The largest absolute Gasteiger partial charge is 0.462 e. The number of carbonyl (C=O) groups excluding carboxylic acids is 2. The molecular weight excluding hydrogens is 258 g/mol. The molecular formula is C15H15NO4. The van der Waals surface area contributed by atoms with Crippen molar-refractivity contribution in [2.75, 3.05) is 11.9 Å². The Labute approximate surface area is 116 Å². The number of benzene rings is 1. The van der Waals surface area contributed by atoms with Gasteiger partial charge >= 0.3 is 5.97 Å². The lowest BCUT2D eigenvalue weighted by Gasteiger charge is -2.09. The van der Waals surface area contributed by atoms with Crippen LogP contribution < -0.4 is 5.32 Å². The topological polar surface area (TPSA) is 68.5 Å². The summed E-state index contributed by atoms with van der Waals surface area (Å²) in [6.07, 6.45) is 2.16. The van der Waals surface area contributed by atoms with E-state index in [0.717, 1.165) is 6.42 Å². The fourth-order valence-electron chi connectivity index (χ4n) is 1.63. The molecule has 1 N–H and O–H groups in total. The number of esters is 1. The van der Waals surface area contributed by atoms with E-state index in [1.807, 2.05) is 6.92 Å². The molecule has 0 spiro atoms. The first kappa shape index (κ1) is 13.9. The summed E-state index contributed by atoms with van der Waals surface area (Å²) in [5.41, 5.74) is 0.718. The maximum absolute atomic E-state index is 11.9. The van der Waals surface area contributed by atoms with Gasteiger partial charge in [0.05, 0.1) is 24.1 Å². The molecule has 0 saturated carbocycles. The Bertz CT molecular complexity index is 590. The Morgan fingerprint density at radius 3 is 2.70 bits per heavy atom. The SMILES string of the molecule is CCCOC(=O)c1ccccc1NC(=O)c1ccco1. The zero-order valence-corrected chi connectivity index (χ0v) is 11.1. The lowest BCUT2D eigenvalue weighted by molar-refractivity contribution is 0.0506. The quantitative estimate of drug-likeness (QED) is 0.850. The van der Waals surface area contributed by atoms with Crippen molar-refractivity contribution in [3.8, 4) is 0 Å². The van der Waals surface area contributed by atoms with Gasteiger partial charge in [0, 0.05) is 0 Å². The van der Waals surface area contributed by atoms with Crippen LogP contribution >= 0.6 is 0 Å². The summed E-state index contributed by atoms with van der Waals surface area (Å²) in [5.74, 6) is -0.685. The first-order valence-electron chi connectivity index (χ1n) is 6.33. The molecule has 0 aliphatic carbocycles. The molecule has 1 heterocycles. The third-order valence-corrected chi connectivity index (χ3v) is 2.58. The number of anilines is 1. The number of carbonyl (C=O) groups is 2. The average Bonchev–Trinajstić information content (AvgIpc) is 2.99. The van der Waals surface area contributed by atoms with Crippen molar-refractivity contribution in [2.45, 2.75) is 13.3 Å². The van der Waals surface area contributed by atoms with Crippen molar-refractivity contribution in [2.24, 2.45) is 0 Å². The molecule has 2 rings (SSSR count). The maximum atomic E-state index is 11.9. The molecule has 1 aromatic heterocycles. The van der Waals surface area contributed by atoms with E-state index in [-0.39, 0.29) is 5.76 Å². The average molecular weight is 273 g/mol. The minimum absolute atomic E-state index is 0.182. The summed E-state index contributed by atoms with van der Waals surface area (Å²) in [6.45, 7) is 2.26. The summed E-state index contributed by atoms with van der Waals surface area (Å²) in [6, 6.07) is 9.86. The Morgan fingerprint density at radius 1 is 1.20 bits per heavy atom. The Morgan fingerprint density at radius 2 is 2.00 bits per heavy atom. The minimum atomic E-state index is -0.456. The lowest BCUT2D eigenvalue weighted by atomic mass is 10.1. The van der Waals surface area contributed by atoms with Crippen molar-refractivity contribution < 1.29 is 18.7 Å². The Balaban J connectivity index is 2.15. The van der Waals surface area contributed by atoms with E-state index in [1.54, 1.807) is 36.4 Å². The van der Waals surface area contributed by atoms with Gasteiger partial charge in [0.15, 0.2) is 5.76 Å². The predicted molar refractivity (Wildman–Crippen MR) is 73.7 cm³/mol. The highest BCUT2D eigenvalue weighted by atomic mass is 16.5. The summed E-state index contributed by atoms with van der Waals surface area (Å²) >= 11 is 0. The van der Waals surface area contributed by atoms with Crippen LogP contribution in [0.3, 0.4) is 0 Å². The highest BCUT2D eigenvalue weighted by Gasteiger charge is 2.15. The van der Waals surface area contributed by atoms with Gasteiger partial charge in [0.2, 0.25) is 0 Å². The molecule has 0 fully saturated rings. The molecule has 20 heavy (non-hydrogen) atoms. The smallest absolute Gasteiger partial charge is 0.340 e. The minimum Gasteiger partial charge on any atom is -0.462 e. The highest BCUT2D eigenvalue weighted by Crippen LogP contribution is 2.17. The van der Waals surface area contributed by atoms with Gasteiger partial charge in [-0.2, -0.15) is 0 Å². The molecule has 5 nitrogen and oxygen atoms in total. The first-order valence-corrected chi connectivity index (χ1v) is 6.33. The fraction of sp³-hybridized carbons (Fsp3) is 0.200. The second-order valence-electron chi connectivity index (χ2n) is 4.11. The predicted octanol–water partition coefficient (Wildman–Crippen LogP) is 3.10. The number of hydrogen-bond acceptors (Lipinski definition) is 4. The van der Waals surface area contributed by atoms with Crippen LogP contribution in [0.2, 0.25) is 0 Å². The van der Waals surface area contributed by atoms with E-state index < -0.39 is 11.9 Å². The number of ether oxygens (including phenoxy) is 1. The molecule has 1 aromatic carbocycles. The normalized spacial score (nSPS) is 10.1. The first-order chi connectivity index (χ1) is 9.72.